The average molecular weight is 403 g/mol. The number of aliphatic hydroxyl groups is 2. The van der Waals surface area contributed by atoms with Crippen molar-refractivity contribution in [2.24, 2.45) is 0 Å². The molecule has 4 heteroatoms. The number of rotatable bonds is 20. The summed E-state index contributed by atoms with van der Waals surface area (Å²) in [6.07, 6.45) is 23.1. The summed E-state index contributed by atoms with van der Waals surface area (Å²) in [4.78, 5) is 11.4. The second-order valence-corrected chi connectivity index (χ2v) is 7.72. The van der Waals surface area contributed by atoms with Gasteiger partial charge in [0.1, 0.15) is 0 Å². The molecule has 0 spiro atoms. The van der Waals surface area contributed by atoms with E-state index in [1.165, 1.54) is 89.9 Å². The largest absolute Gasteiger partial charge is 0.466 e. The molecule has 28 heavy (non-hydrogen) atoms. The normalized spacial score (nSPS) is 10.4. The van der Waals surface area contributed by atoms with E-state index in [1.54, 1.807) is 0 Å². The van der Waals surface area contributed by atoms with Crippen LogP contribution in [-0.2, 0) is 9.53 Å². The van der Waals surface area contributed by atoms with E-state index in [0.717, 1.165) is 19.3 Å². The smallest absolute Gasteiger partial charge is 0.305 e. The first-order valence-electron chi connectivity index (χ1n) is 12.1. The van der Waals surface area contributed by atoms with E-state index in [0.29, 0.717) is 13.0 Å². The van der Waals surface area contributed by atoms with Crippen LogP contribution in [-0.4, -0.2) is 36.0 Å². The van der Waals surface area contributed by atoms with Crippen LogP contribution in [0.15, 0.2) is 0 Å². The molecule has 0 bridgehead atoms. The molecule has 4 nitrogen and oxygen atoms in total. The molecule has 0 aliphatic carbocycles. The Morgan fingerprint density at radius 1 is 0.571 bits per heavy atom. The number of aliphatic hydroxyl groups excluding tert-OH is 2. The molecular weight excluding hydrogens is 352 g/mol. The summed E-state index contributed by atoms with van der Waals surface area (Å²) in [5, 5.41) is 15.2. The Balaban J connectivity index is 0. The number of ether oxygens (including phenoxy) is 1. The zero-order chi connectivity index (χ0) is 21.1. The Hall–Kier alpha value is -0.610. The number of hydrogen-bond acceptors (Lipinski definition) is 4. The van der Waals surface area contributed by atoms with Crippen LogP contribution < -0.4 is 0 Å². The van der Waals surface area contributed by atoms with Crippen molar-refractivity contribution >= 4 is 5.97 Å². The van der Waals surface area contributed by atoms with Crippen molar-refractivity contribution in [1.29, 1.82) is 0 Å². The van der Waals surface area contributed by atoms with Gasteiger partial charge in [-0.1, -0.05) is 110 Å². The number of carbonyl (C=O) groups is 1. The predicted octanol–water partition coefficient (Wildman–Crippen LogP) is 6.56. The first kappa shape index (κ1) is 29.6. The molecule has 170 valence electrons. The van der Waals surface area contributed by atoms with Crippen molar-refractivity contribution in [3.8, 4) is 0 Å². The minimum absolute atomic E-state index is 0.00172. The van der Waals surface area contributed by atoms with Gasteiger partial charge in [0.25, 0.3) is 0 Å². The van der Waals surface area contributed by atoms with Crippen molar-refractivity contribution in [3.63, 3.8) is 0 Å². The first-order chi connectivity index (χ1) is 13.7. The minimum Gasteiger partial charge on any atom is -0.466 e. The Labute approximate surface area is 175 Å². The molecule has 0 aromatic heterocycles. The van der Waals surface area contributed by atoms with Gasteiger partial charge in [-0.3, -0.25) is 4.79 Å². The van der Waals surface area contributed by atoms with Crippen molar-refractivity contribution in [2.45, 2.75) is 129 Å². The van der Waals surface area contributed by atoms with Gasteiger partial charge >= 0.3 is 5.97 Å². The Morgan fingerprint density at radius 3 is 1.29 bits per heavy atom. The zero-order valence-corrected chi connectivity index (χ0v) is 19.1. The van der Waals surface area contributed by atoms with Crippen LogP contribution in [0, 0.1) is 0 Å². The lowest BCUT2D eigenvalue weighted by Crippen LogP contribution is -2.05. The maximum Gasteiger partial charge on any atom is 0.305 e. The molecular formula is C24H50O4. The summed E-state index contributed by atoms with van der Waals surface area (Å²) in [6.45, 7) is 4.75. The minimum atomic E-state index is -0.125. The number of hydrogen-bond donors (Lipinski definition) is 2. The van der Waals surface area contributed by atoms with Crippen molar-refractivity contribution in [1.82, 2.24) is 0 Å². The monoisotopic (exact) mass is 402 g/mol. The summed E-state index contributed by atoms with van der Waals surface area (Å²) in [5.41, 5.74) is 0. The van der Waals surface area contributed by atoms with Gasteiger partial charge in [0.2, 0.25) is 0 Å². The van der Waals surface area contributed by atoms with Gasteiger partial charge in [-0.25, -0.2) is 0 Å². The molecule has 0 rings (SSSR count). The van der Waals surface area contributed by atoms with Gasteiger partial charge in [-0.15, -0.1) is 0 Å². The van der Waals surface area contributed by atoms with Gasteiger partial charge in [-0.2, -0.15) is 0 Å². The maximum absolute atomic E-state index is 11.4. The van der Waals surface area contributed by atoms with E-state index in [9.17, 15) is 4.79 Å². The third-order valence-corrected chi connectivity index (χ3v) is 4.85. The predicted molar refractivity (Wildman–Crippen MR) is 120 cm³/mol. The molecule has 0 aliphatic rings. The zero-order valence-electron chi connectivity index (χ0n) is 19.1. The highest BCUT2D eigenvalue weighted by Crippen LogP contribution is 2.13. The highest BCUT2D eigenvalue weighted by molar-refractivity contribution is 5.69. The molecule has 0 unspecified atom stereocenters. The quantitative estimate of drug-likeness (QED) is 0.179. The lowest BCUT2D eigenvalue weighted by atomic mass is 10.0. The van der Waals surface area contributed by atoms with E-state index in [1.807, 2.05) is 0 Å². The van der Waals surface area contributed by atoms with Crippen LogP contribution in [0.1, 0.15) is 129 Å². The van der Waals surface area contributed by atoms with Crippen molar-refractivity contribution in [2.75, 3.05) is 19.8 Å². The third kappa shape index (κ3) is 30.1. The summed E-state index contributed by atoms with van der Waals surface area (Å²) >= 11 is 0. The van der Waals surface area contributed by atoms with Crippen molar-refractivity contribution < 1.29 is 19.7 Å². The van der Waals surface area contributed by atoms with Gasteiger partial charge in [0.15, 0.2) is 0 Å². The summed E-state index contributed by atoms with van der Waals surface area (Å²) in [5.74, 6) is -0.00172. The van der Waals surface area contributed by atoms with E-state index in [-0.39, 0.29) is 19.2 Å². The molecule has 0 aromatic rings. The van der Waals surface area contributed by atoms with E-state index in [2.05, 4.69) is 13.8 Å². The van der Waals surface area contributed by atoms with Crippen LogP contribution in [0.25, 0.3) is 0 Å². The fourth-order valence-corrected chi connectivity index (χ4v) is 3.04. The number of esters is 1. The van der Waals surface area contributed by atoms with Crippen LogP contribution in [0.2, 0.25) is 0 Å². The van der Waals surface area contributed by atoms with Crippen LogP contribution in [0.3, 0.4) is 0 Å². The van der Waals surface area contributed by atoms with Gasteiger partial charge in [0, 0.05) is 6.42 Å². The van der Waals surface area contributed by atoms with Crippen LogP contribution in [0.5, 0.6) is 0 Å². The fraction of sp³-hybridized carbons (Fsp3) is 0.958. The lowest BCUT2D eigenvalue weighted by molar-refractivity contribution is -0.143. The highest BCUT2D eigenvalue weighted by atomic mass is 16.5. The Kier molecular flexibility index (Phi) is 30.2. The van der Waals surface area contributed by atoms with Crippen LogP contribution >= 0.6 is 0 Å². The number of unbranched alkanes of at least 4 members (excludes halogenated alkanes) is 15. The lowest BCUT2D eigenvalue weighted by Gasteiger charge is -2.04. The van der Waals surface area contributed by atoms with Gasteiger partial charge in [0.05, 0.1) is 19.8 Å². The highest BCUT2D eigenvalue weighted by Gasteiger charge is 2.01. The number of carbonyl (C=O) groups excluding carboxylic acids is 1. The van der Waals surface area contributed by atoms with Gasteiger partial charge < -0.3 is 14.9 Å². The molecule has 0 saturated heterocycles. The molecule has 0 aromatic carbocycles. The van der Waals surface area contributed by atoms with E-state index < -0.39 is 0 Å². The first-order valence-corrected chi connectivity index (χ1v) is 12.1. The standard InChI is InChI=1S/C22H44O2.C2H6O2/c1-3-5-7-8-9-10-11-12-13-14-15-16-17-18-19-20-22(23)24-21-6-4-2;3-1-2-4/h3-21H2,1-2H3;3-4H,1-2H2. The molecule has 0 aliphatic heterocycles. The molecule has 0 amide bonds. The van der Waals surface area contributed by atoms with Crippen molar-refractivity contribution in [3.05, 3.63) is 0 Å². The molecule has 0 saturated carbocycles. The topological polar surface area (TPSA) is 66.8 Å². The average Bonchev–Trinajstić information content (AvgIpc) is 2.71. The van der Waals surface area contributed by atoms with E-state index >= 15 is 0 Å². The third-order valence-electron chi connectivity index (χ3n) is 4.85. The molecule has 0 fully saturated rings. The maximum atomic E-state index is 11.4. The molecule has 0 atom stereocenters. The Morgan fingerprint density at radius 2 is 0.929 bits per heavy atom. The summed E-state index contributed by atoms with van der Waals surface area (Å²) < 4.78 is 5.16. The van der Waals surface area contributed by atoms with Crippen LogP contribution in [0.4, 0.5) is 0 Å². The SMILES string of the molecule is CCCCCCCCCCCCCCCCCC(=O)OCCCC.OCCO. The fourth-order valence-electron chi connectivity index (χ4n) is 3.04. The molecule has 2 N–H and O–H groups in total. The summed E-state index contributed by atoms with van der Waals surface area (Å²) in [7, 11) is 0. The Bertz CT molecular complexity index is 280. The van der Waals surface area contributed by atoms with Gasteiger partial charge in [-0.05, 0) is 12.8 Å². The molecule has 0 heterocycles. The molecule has 0 radical (unpaired) electrons. The summed E-state index contributed by atoms with van der Waals surface area (Å²) in [6, 6.07) is 0. The second kappa shape index (κ2) is 28.6. The van der Waals surface area contributed by atoms with E-state index in [4.69, 9.17) is 14.9 Å². The second-order valence-electron chi connectivity index (χ2n) is 7.72.